The predicted octanol–water partition coefficient (Wildman–Crippen LogP) is 0.803. The van der Waals surface area contributed by atoms with Crippen LogP contribution < -0.4 is 11.2 Å². The fourth-order valence-corrected chi connectivity index (χ4v) is 2.18. The van der Waals surface area contributed by atoms with Gasteiger partial charge in [-0.05, 0) is 25.5 Å². The van der Waals surface area contributed by atoms with Gasteiger partial charge in [0.1, 0.15) is 11.2 Å². The molecule has 0 atom stereocenters. The topological polar surface area (TPSA) is 96.4 Å². The molecule has 3 heterocycles. The maximum Gasteiger partial charge on any atom is 0.330 e. The Balaban J connectivity index is 2.37. The van der Waals surface area contributed by atoms with E-state index in [2.05, 4.69) is 19.9 Å². The van der Waals surface area contributed by atoms with Crippen molar-refractivity contribution in [2.75, 3.05) is 0 Å². The second kappa shape index (κ2) is 4.44. The van der Waals surface area contributed by atoms with E-state index in [4.69, 9.17) is 0 Å². The van der Waals surface area contributed by atoms with Crippen LogP contribution in [-0.2, 0) is 6.54 Å². The number of pyridine rings is 1. The van der Waals surface area contributed by atoms with Crippen LogP contribution in [0, 0.1) is 6.92 Å². The molecule has 7 nitrogen and oxygen atoms in total. The van der Waals surface area contributed by atoms with Gasteiger partial charge in [-0.3, -0.25) is 19.3 Å². The van der Waals surface area contributed by atoms with Crippen LogP contribution in [0.2, 0.25) is 0 Å². The first kappa shape index (κ1) is 12.3. The zero-order chi connectivity index (χ0) is 14.3. The van der Waals surface area contributed by atoms with E-state index in [9.17, 15) is 9.59 Å². The molecule has 102 valence electrons. The quantitative estimate of drug-likeness (QED) is 0.720. The molecule has 0 aliphatic heterocycles. The van der Waals surface area contributed by atoms with Crippen LogP contribution in [0.3, 0.4) is 0 Å². The lowest BCUT2D eigenvalue weighted by atomic mass is 10.2. The average Bonchev–Trinajstić information content (AvgIpc) is 2.85. The number of hydrogen-bond acceptors (Lipinski definition) is 4. The smallest absolute Gasteiger partial charge is 0.330 e. The number of hydrogen-bond donors (Lipinski definition) is 2. The SMILES string of the molecule is CCn1c(=O)[nH]c(=O)c2[nH]c(-c3ncccc3C)nc21. The molecule has 3 aromatic heterocycles. The Labute approximate surface area is 113 Å². The van der Waals surface area contributed by atoms with Gasteiger partial charge in [0.15, 0.2) is 11.5 Å². The third kappa shape index (κ3) is 1.75. The lowest BCUT2D eigenvalue weighted by molar-refractivity contribution is 0.720. The van der Waals surface area contributed by atoms with Crippen LogP contribution in [-0.4, -0.2) is 24.5 Å². The van der Waals surface area contributed by atoms with E-state index < -0.39 is 11.2 Å². The van der Waals surface area contributed by atoms with Crippen LogP contribution in [0.1, 0.15) is 12.5 Å². The van der Waals surface area contributed by atoms with Crippen LogP contribution >= 0.6 is 0 Å². The van der Waals surface area contributed by atoms with Crippen molar-refractivity contribution in [2.24, 2.45) is 0 Å². The molecule has 0 amide bonds. The first-order valence-electron chi connectivity index (χ1n) is 6.26. The van der Waals surface area contributed by atoms with E-state index in [1.807, 2.05) is 26.0 Å². The summed E-state index contributed by atoms with van der Waals surface area (Å²) in [6, 6.07) is 3.74. The molecule has 0 aromatic carbocycles. The number of fused-ring (bicyclic) bond motifs is 1. The van der Waals surface area contributed by atoms with Gasteiger partial charge in [-0.15, -0.1) is 0 Å². The molecule has 0 saturated heterocycles. The summed E-state index contributed by atoms with van der Waals surface area (Å²) in [5.74, 6) is 0.483. The van der Waals surface area contributed by atoms with Gasteiger partial charge in [-0.2, -0.15) is 0 Å². The molecule has 0 aliphatic carbocycles. The highest BCUT2D eigenvalue weighted by Crippen LogP contribution is 2.18. The summed E-state index contributed by atoms with van der Waals surface area (Å²) >= 11 is 0. The van der Waals surface area contributed by atoms with Gasteiger partial charge in [0.05, 0.1) is 0 Å². The van der Waals surface area contributed by atoms with Gasteiger partial charge in [-0.25, -0.2) is 9.78 Å². The zero-order valence-corrected chi connectivity index (χ0v) is 11.1. The normalized spacial score (nSPS) is 11.1. The Morgan fingerprint density at radius 3 is 2.80 bits per heavy atom. The fourth-order valence-electron chi connectivity index (χ4n) is 2.18. The van der Waals surface area contributed by atoms with E-state index in [-0.39, 0.29) is 5.52 Å². The lowest BCUT2D eigenvalue weighted by Crippen LogP contribution is -2.29. The average molecular weight is 271 g/mol. The number of nitrogens with one attached hydrogen (secondary N) is 2. The first-order valence-corrected chi connectivity index (χ1v) is 6.26. The first-order chi connectivity index (χ1) is 9.61. The number of imidazole rings is 1. The number of aromatic amines is 2. The van der Waals surface area contributed by atoms with Crippen molar-refractivity contribution >= 4 is 11.2 Å². The molecule has 0 bridgehead atoms. The van der Waals surface area contributed by atoms with Crippen molar-refractivity contribution in [2.45, 2.75) is 20.4 Å². The highest BCUT2D eigenvalue weighted by atomic mass is 16.2. The molecule has 0 aliphatic rings. The number of rotatable bonds is 2. The van der Waals surface area contributed by atoms with Crippen molar-refractivity contribution in [3.8, 4) is 11.5 Å². The minimum atomic E-state index is -0.470. The monoisotopic (exact) mass is 271 g/mol. The molecule has 0 fully saturated rings. The van der Waals surface area contributed by atoms with Crippen LogP contribution in [0.25, 0.3) is 22.7 Å². The van der Waals surface area contributed by atoms with Gasteiger partial charge in [0.25, 0.3) is 5.56 Å². The Kier molecular flexibility index (Phi) is 2.74. The summed E-state index contributed by atoms with van der Waals surface area (Å²) < 4.78 is 1.41. The molecule has 2 N–H and O–H groups in total. The predicted molar refractivity (Wildman–Crippen MR) is 74.6 cm³/mol. The fraction of sp³-hybridized carbons (Fsp3) is 0.231. The molecule has 0 saturated carbocycles. The largest absolute Gasteiger partial charge is 0.331 e. The van der Waals surface area contributed by atoms with E-state index in [0.717, 1.165) is 5.56 Å². The van der Waals surface area contributed by atoms with Gasteiger partial charge >= 0.3 is 5.69 Å². The Morgan fingerprint density at radius 1 is 1.30 bits per heavy atom. The van der Waals surface area contributed by atoms with E-state index >= 15 is 0 Å². The van der Waals surface area contributed by atoms with Crippen molar-refractivity contribution in [1.29, 1.82) is 0 Å². The molecule has 0 unspecified atom stereocenters. The van der Waals surface area contributed by atoms with Crippen LogP contribution in [0.4, 0.5) is 0 Å². The number of H-pyrrole nitrogens is 2. The van der Waals surface area contributed by atoms with Crippen LogP contribution in [0.5, 0.6) is 0 Å². The summed E-state index contributed by atoms with van der Waals surface area (Å²) in [5.41, 5.74) is 1.31. The number of nitrogens with zero attached hydrogens (tertiary/aromatic N) is 3. The summed E-state index contributed by atoms with van der Waals surface area (Å²) in [5, 5.41) is 0. The molecule has 0 spiro atoms. The third-order valence-electron chi connectivity index (χ3n) is 3.18. The highest BCUT2D eigenvalue weighted by molar-refractivity contribution is 5.75. The van der Waals surface area contributed by atoms with E-state index in [1.165, 1.54) is 4.57 Å². The maximum atomic E-state index is 11.8. The summed E-state index contributed by atoms with van der Waals surface area (Å²) in [6.45, 7) is 4.16. The molecule has 3 aromatic rings. The molecule has 0 radical (unpaired) electrons. The van der Waals surface area contributed by atoms with Gasteiger partial charge in [0.2, 0.25) is 0 Å². The minimum Gasteiger partial charge on any atom is -0.331 e. The second-order valence-electron chi connectivity index (χ2n) is 4.46. The standard InChI is InChI=1S/C13H13N5O2/c1-3-18-11-9(12(19)17-13(18)20)15-10(16-11)8-7(2)5-4-6-14-8/h4-6H,3H2,1-2H3,(H,15,16)(H,17,19,20). The lowest BCUT2D eigenvalue weighted by Gasteiger charge is -2.00. The van der Waals surface area contributed by atoms with Crippen LogP contribution in [0.15, 0.2) is 27.9 Å². The van der Waals surface area contributed by atoms with Crippen molar-refractivity contribution in [1.82, 2.24) is 24.5 Å². The minimum absolute atomic E-state index is 0.284. The Hall–Kier alpha value is -2.70. The third-order valence-corrected chi connectivity index (χ3v) is 3.18. The van der Waals surface area contributed by atoms with Crippen molar-refractivity contribution < 1.29 is 0 Å². The maximum absolute atomic E-state index is 11.8. The molecule has 3 rings (SSSR count). The van der Waals surface area contributed by atoms with Gasteiger partial charge in [-0.1, -0.05) is 6.07 Å². The Morgan fingerprint density at radius 2 is 2.10 bits per heavy atom. The second-order valence-corrected chi connectivity index (χ2v) is 4.46. The van der Waals surface area contributed by atoms with E-state index in [0.29, 0.717) is 23.7 Å². The zero-order valence-electron chi connectivity index (χ0n) is 11.1. The Bertz CT molecular complexity index is 903. The summed E-state index contributed by atoms with van der Waals surface area (Å²) in [7, 11) is 0. The highest BCUT2D eigenvalue weighted by Gasteiger charge is 2.14. The summed E-state index contributed by atoms with van der Waals surface area (Å²) in [4.78, 5) is 37.4. The van der Waals surface area contributed by atoms with Crippen molar-refractivity contribution in [3.63, 3.8) is 0 Å². The molecular weight excluding hydrogens is 258 g/mol. The van der Waals surface area contributed by atoms with Crippen molar-refractivity contribution in [3.05, 3.63) is 44.7 Å². The van der Waals surface area contributed by atoms with E-state index in [1.54, 1.807) is 6.20 Å². The summed E-state index contributed by atoms with van der Waals surface area (Å²) in [6.07, 6.45) is 1.66. The number of aryl methyl sites for hydroxylation is 2. The van der Waals surface area contributed by atoms with Gasteiger partial charge < -0.3 is 4.98 Å². The molecule has 20 heavy (non-hydrogen) atoms. The van der Waals surface area contributed by atoms with Gasteiger partial charge in [0, 0.05) is 12.7 Å². The molecular formula is C13H13N5O2. The molecule has 7 heteroatoms. The number of aromatic nitrogens is 5.